The molecule has 2 aromatic heterocycles. The maximum Gasteiger partial charge on any atom is 0.255 e. The molecule has 0 spiro atoms. The SMILES string of the molecule is O=C(c1ccc(O[C@H]2CCOC2)nc1)N1CCN(c2ccccn2)CC1. The van der Waals surface area contributed by atoms with Crippen LogP contribution in [-0.2, 0) is 4.74 Å². The van der Waals surface area contributed by atoms with E-state index in [1.165, 1.54) is 0 Å². The molecular formula is C19H22N4O3. The number of rotatable bonds is 4. The van der Waals surface area contributed by atoms with E-state index >= 15 is 0 Å². The van der Waals surface area contributed by atoms with Gasteiger partial charge in [0.1, 0.15) is 11.9 Å². The van der Waals surface area contributed by atoms with E-state index in [1.54, 1.807) is 24.5 Å². The van der Waals surface area contributed by atoms with Gasteiger partial charge in [-0.05, 0) is 18.2 Å². The third-order valence-corrected chi connectivity index (χ3v) is 4.70. The fourth-order valence-corrected chi connectivity index (χ4v) is 3.22. The number of hydrogen-bond donors (Lipinski definition) is 0. The van der Waals surface area contributed by atoms with Crippen molar-refractivity contribution in [3.63, 3.8) is 0 Å². The van der Waals surface area contributed by atoms with E-state index in [0.717, 1.165) is 31.9 Å². The number of carbonyl (C=O) groups excluding carboxylic acids is 1. The van der Waals surface area contributed by atoms with Crippen LogP contribution in [-0.4, -0.2) is 66.3 Å². The first-order valence-corrected chi connectivity index (χ1v) is 8.95. The molecule has 1 atom stereocenters. The highest BCUT2D eigenvalue weighted by molar-refractivity contribution is 5.94. The highest BCUT2D eigenvalue weighted by atomic mass is 16.5. The van der Waals surface area contributed by atoms with Gasteiger partial charge in [0.25, 0.3) is 5.91 Å². The van der Waals surface area contributed by atoms with Crippen LogP contribution in [0.25, 0.3) is 0 Å². The number of nitrogens with zero attached hydrogens (tertiary/aromatic N) is 4. The summed E-state index contributed by atoms with van der Waals surface area (Å²) in [5, 5.41) is 0. The van der Waals surface area contributed by atoms with E-state index in [9.17, 15) is 4.79 Å². The lowest BCUT2D eigenvalue weighted by Gasteiger charge is -2.35. The Bertz CT molecular complexity index is 724. The van der Waals surface area contributed by atoms with Crippen LogP contribution in [0.4, 0.5) is 5.82 Å². The molecule has 136 valence electrons. The van der Waals surface area contributed by atoms with E-state index in [2.05, 4.69) is 14.9 Å². The average Bonchev–Trinajstić information content (AvgIpc) is 3.22. The van der Waals surface area contributed by atoms with E-state index in [1.807, 2.05) is 23.1 Å². The molecule has 0 aromatic carbocycles. The molecule has 7 heteroatoms. The second-order valence-electron chi connectivity index (χ2n) is 6.46. The summed E-state index contributed by atoms with van der Waals surface area (Å²) in [6.45, 7) is 4.23. The Kier molecular flexibility index (Phi) is 4.97. The summed E-state index contributed by atoms with van der Waals surface area (Å²) in [6, 6.07) is 9.42. The van der Waals surface area contributed by atoms with Crippen molar-refractivity contribution in [2.75, 3.05) is 44.3 Å². The van der Waals surface area contributed by atoms with Gasteiger partial charge in [-0.1, -0.05) is 6.07 Å². The standard InChI is InChI=1S/C19H22N4O3/c24-19(15-4-5-18(21-13-15)26-16-6-12-25-14-16)23-10-8-22(9-11-23)17-3-1-2-7-20-17/h1-5,7,13,16H,6,8-12,14H2/t16-/m0/s1. The van der Waals surface area contributed by atoms with E-state index in [0.29, 0.717) is 31.1 Å². The molecular weight excluding hydrogens is 332 g/mol. The van der Waals surface area contributed by atoms with Gasteiger partial charge in [-0.3, -0.25) is 4.79 Å². The van der Waals surface area contributed by atoms with Gasteiger partial charge in [-0.15, -0.1) is 0 Å². The maximum atomic E-state index is 12.7. The van der Waals surface area contributed by atoms with Gasteiger partial charge in [0.15, 0.2) is 0 Å². The zero-order valence-electron chi connectivity index (χ0n) is 14.6. The fourth-order valence-electron chi connectivity index (χ4n) is 3.22. The Morgan fingerprint density at radius 2 is 2.00 bits per heavy atom. The van der Waals surface area contributed by atoms with Crippen LogP contribution < -0.4 is 9.64 Å². The zero-order valence-corrected chi connectivity index (χ0v) is 14.6. The highest BCUT2D eigenvalue weighted by Gasteiger charge is 2.23. The number of carbonyl (C=O) groups is 1. The second kappa shape index (κ2) is 7.70. The third kappa shape index (κ3) is 3.77. The molecule has 2 aliphatic rings. The average molecular weight is 354 g/mol. The summed E-state index contributed by atoms with van der Waals surface area (Å²) < 4.78 is 11.0. The largest absolute Gasteiger partial charge is 0.472 e. The lowest BCUT2D eigenvalue weighted by molar-refractivity contribution is 0.0746. The molecule has 4 rings (SSSR count). The summed E-state index contributed by atoms with van der Waals surface area (Å²) >= 11 is 0. The molecule has 0 radical (unpaired) electrons. The minimum absolute atomic E-state index is 0.00826. The Morgan fingerprint density at radius 3 is 2.65 bits per heavy atom. The Labute approximate surface area is 152 Å². The van der Waals surface area contributed by atoms with Gasteiger partial charge in [-0.25, -0.2) is 9.97 Å². The molecule has 2 fully saturated rings. The predicted octanol–water partition coefficient (Wildman–Crippen LogP) is 1.61. The van der Waals surface area contributed by atoms with Crippen molar-refractivity contribution >= 4 is 11.7 Å². The maximum absolute atomic E-state index is 12.7. The molecule has 0 unspecified atom stereocenters. The number of hydrogen-bond acceptors (Lipinski definition) is 6. The number of pyridine rings is 2. The van der Waals surface area contributed by atoms with Crippen molar-refractivity contribution < 1.29 is 14.3 Å². The van der Waals surface area contributed by atoms with Crippen LogP contribution in [0.15, 0.2) is 42.7 Å². The van der Waals surface area contributed by atoms with Crippen molar-refractivity contribution in [3.05, 3.63) is 48.3 Å². The van der Waals surface area contributed by atoms with Gasteiger partial charge in [-0.2, -0.15) is 0 Å². The summed E-state index contributed by atoms with van der Waals surface area (Å²) in [5.41, 5.74) is 0.589. The number of ether oxygens (including phenoxy) is 2. The molecule has 2 aliphatic heterocycles. The van der Waals surface area contributed by atoms with Crippen LogP contribution in [0.1, 0.15) is 16.8 Å². The summed E-state index contributed by atoms with van der Waals surface area (Å²) in [4.78, 5) is 25.4. The smallest absolute Gasteiger partial charge is 0.255 e. The molecule has 1 amide bonds. The molecule has 26 heavy (non-hydrogen) atoms. The number of piperazine rings is 1. The molecule has 0 aliphatic carbocycles. The zero-order chi connectivity index (χ0) is 17.8. The van der Waals surface area contributed by atoms with Crippen molar-refractivity contribution in [2.45, 2.75) is 12.5 Å². The lowest BCUT2D eigenvalue weighted by Crippen LogP contribution is -2.49. The van der Waals surface area contributed by atoms with Crippen LogP contribution in [0, 0.1) is 0 Å². The number of anilines is 1. The van der Waals surface area contributed by atoms with Crippen molar-refractivity contribution in [1.82, 2.24) is 14.9 Å². The van der Waals surface area contributed by atoms with Crippen molar-refractivity contribution in [1.29, 1.82) is 0 Å². The van der Waals surface area contributed by atoms with Gasteiger partial charge < -0.3 is 19.3 Å². The van der Waals surface area contributed by atoms with Gasteiger partial charge in [0.05, 0.1) is 18.8 Å². The van der Waals surface area contributed by atoms with E-state index < -0.39 is 0 Å². The van der Waals surface area contributed by atoms with Crippen LogP contribution in [0.2, 0.25) is 0 Å². The normalized spacial score (nSPS) is 20.2. The Hall–Kier alpha value is -2.67. The van der Waals surface area contributed by atoms with E-state index in [4.69, 9.17) is 9.47 Å². The number of amides is 1. The predicted molar refractivity (Wildman–Crippen MR) is 96.4 cm³/mol. The summed E-state index contributed by atoms with van der Waals surface area (Å²) in [6.07, 6.45) is 4.32. The monoisotopic (exact) mass is 354 g/mol. The fraction of sp³-hybridized carbons (Fsp3) is 0.421. The first-order chi connectivity index (χ1) is 12.8. The molecule has 4 heterocycles. The minimum Gasteiger partial charge on any atom is -0.472 e. The molecule has 2 aromatic rings. The summed E-state index contributed by atoms with van der Waals surface area (Å²) in [7, 11) is 0. The quantitative estimate of drug-likeness (QED) is 0.831. The minimum atomic E-state index is 0.00826. The van der Waals surface area contributed by atoms with Crippen LogP contribution >= 0.6 is 0 Å². The van der Waals surface area contributed by atoms with Crippen molar-refractivity contribution in [2.24, 2.45) is 0 Å². The Balaban J connectivity index is 1.33. The van der Waals surface area contributed by atoms with Gasteiger partial charge in [0, 0.05) is 51.1 Å². The first kappa shape index (κ1) is 16.8. The molecule has 0 saturated carbocycles. The van der Waals surface area contributed by atoms with Gasteiger partial charge in [0.2, 0.25) is 5.88 Å². The molecule has 2 saturated heterocycles. The van der Waals surface area contributed by atoms with E-state index in [-0.39, 0.29) is 12.0 Å². The third-order valence-electron chi connectivity index (χ3n) is 4.70. The second-order valence-corrected chi connectivity index (χ2v) is 6.46. The van der Waals surface area contributed by atoms with Crippen molar-refractivity contribution in [3.8, 4) is 5.88 Å². The highest BCUT2D eigenvalue weighted by Crippen LogP contribution is 2.17. The van der Waals surface area contributed by atoms with Crippen LogP contribution in [0.3, 0.4) is 0 Å². The number of aromatic nitrogens is 2. The topological polar surface area (TPSA) is 67.8 Å². The first-order valence-electron chi connectivity index (χ1n) is 8.95. The lowest BCUT2D eigenvalue weighted by atomic mass is 10.2. The summed E-state index contributed by atoms with van der Waals surface area (Å²) in [5.74, 6) is 1.50. The molecule has 0 bridgehead atoms. The molecule has 7 nitrogen and oxygen atoms in total. The van der Waals surface area contributed by atoms with Crippen LogP contribution in [0.5, 0.6) is 5.88 Å². The Morgan fingerprint density at radius 1 is 1.12 bits per heavy atom. The molecule has 0 N–H and O–H groups in total. The van der Waals surface area contributed by atoms with Gasteiger partial charge >= 0.3 is 0 Å².